The standard InChI is InChI=1S/C12H20O4/c1-15-11(13)8-4-6-9-5-3-7-10(9)12(14)16-2/h9-10H,3-8H2,1-2H3. The molecule has 1 fully saturated rings. The summed E-state index contributed by atoms with van der Waals surface area (Å²) in [6.07, 6.45) is 5.24. The maximum atomic E-state index is 11.5. The third kappa shape index (κ3) is 3.51. The number of carbonyl (C=O) groups is 2. The summed E-state index contributed by atoms with van der Waals surface area (Å²) in [5.41, 5.74) is 0. The molecule has 4 heteroatoms. The molecule has 0 aliphatic heterocycles. The maximum absolute atomic E-state index is 11.5. The molecular weight excluding hydrogens is 208 g/mol. The highest BCUT2D eigenvalue weighted by molar-refractivity contribution is 5.73. The molecule has 4 nitrogen and oxygen atoms in total. The van der Waals surface area contributed by atoms with E-state index in [9.17, 15) is 9.59 Å². The molecule has 0 N–H and O–H groups in total. The molecule has 92 valence electrons. The number of methoxy groups -OCH3 is 2. The monoisotopic (exact) mass is 228 g/mol. The van der Waals surface area contributed by atoms with E-state index in [0.29, 0.717) is 12.3 Å². The summed E-state index contributed by atoms with van der Waals surface area (Å²) in [7, 11) is 2.83. The smallest absolute Gasteiger partial charge is 0.308 e. The van der Waals surface area contributed by atoms with Crippen LogP contribution in [0.4, 0.5) is 0 Å². The van der Waals surface area contributed by atoms with E-state index in [2.05, 4.69) is 4.74 Å². The highest BCUT2D eigenvalue weighted by Crippen LogP contribution is 2.35. The van der Waals surface area contributed by atoms with E-state index in [-0.39, 0.29) is 17.9 Å². The zero-order valence-corrected chi connectivity index (χ0v) is 10.0. The van der Waals surface area contributed by atoms with Crippen molar-refractivity contribution >= 4 is 11.9 Å². The van der Waals surface area contributed by atoms with Gasteiger partial charge in [0.05, 0.1) is 20.1 Å². The van der Waals surface area contributed by atoms with Crippen molar-refractivity contribution in [1.29, 1.82) is 0 Å². The Hall–Kier alpha value is -1.06. The van der Waals surface area contributed by atoms with E-state index >= 15 is 0 Å². The Bertz CT molecular complexity index is 249. The lowest BCUT2D eigenvalue weighted by molar-refractivity contribution is -0.146. The van der Waals surface area contributed by atoms with E-state index in [1.165, 1.54) is 14.2 Å². The normalized spacial score (nSPS) is 24.1. The van der Waals surface area contributed by atoms with Gasteiger partial charge in [-0.15, -0.1) is 0 Å². The molecule has 0 aromatic heterocycles. The predicted molar refractivity (Wildman–Crippen MR) is 58.7 cm³/mol. The summed E-state index contributed by atoms with van der Waals surface area (Å²) in [5, 5.41) is 0. The summed E-state index contributed by atoms with van der Waals surface area (Å²) in [6, 6.07) is 0. The fourth-order valence-electron chi connectivity index (χ4n) is 2.45. The van der Waals surface area contributed by atoms with E-state index in [1.807, 2.05) is 0 Å². The topological polar surface area (TPSA) is 52.6 Å². The van der Waals surface area contributed by atoms with Crippen molar-refractivity contribution in [3.63, 3.8) is 0 Å². The Labute approximate surface area is 96.3 Å². The van der Waals surface area contributed by atoms with Gasteiger partial charge in [-0.1, -0.05) is 6.42 Å². The quantitative estimate of drug-likeness (QED) is 0.674. The van der Waals surface area contributed by atoms with Crippen LogP contribution in [0.3, 0.4) is 0 Å². The number of hydrogen-bond acceptors (Lipinski definition) is 4. The summed E-state index contributed by atoms with van der Waals surface area (Å²) in [5.74, 6) is 0.160. The first-order valence-electron chi connectivity index (χ1n) is 5.83. The van der Waals surface area contributed by atoms with Crippen molar-refractivity contribution in [2.75, 3.05) is 14.2 Å². The molecule has 0 amide bonds. The molecule has 1 rings (SSSR count). The molecule has 1 saturated carbocycles. The Kier molecular flexibility index (Phi) is 5.29. The van der Waals surface area contributed by atoms with Gasteiger partial charge < -0.3 is 9.47 Å². The summed E-state index contributed by atoms with van der Waals surface area (Å²) in [6.45, 7) is 0. The summed E-state index contributed by atoms with van der Waals surface area (Å²) in [4.78, 5) is 22.4. The van der Waals surface area contributed by atoms with E-state index in [4.69, 9.17) is 4.74 Å². The molecule has 0 radical (unpaired) electrons. The van der Waals surface area contributed by atoms with Crippen molar-refractivity contribution in [2.24, 2.45) is 11.8 Å². The van der Waals surface area contributed by atoms with Crippen LogP contribution in [0.25, 0.3) is 0 Å². The molecule has 0 aromatic carbocycles. The van der Waals surface area contributed by atoms with Gasteiger partial charge in [0.25, 0.3) is 0 Å². The zero-order valence-electron chi connectivity index (χ0n) is 10.0. The SMILES string of the molecule is COC(=O)CCCC1CCCC1C(=O)OC. The van der Waals surface area contributed by atoms with Gasteiger partial charge in [0.15, 0.2) is 0 Å². The van der Waals surface area contributed by atoms with Gasteiger partial charge in [0.2, 0.25) is 0 Å². The highest BCUT2D eigenvalue weighted by atomic mass is 16.5. The first-order valence-corrected chi connectivity index (χ1v) is 5.83. The van der Waals surface area contributed by atoms with Crippen LogP contribution in [0.2, 0.25) is 0 Å². The number of ether oxygens (including phenoxy) is 2. The maximum Gasteiger partial charge on any atom is 0.308 e. The molecule has 0 heterocycles. The second kappa shape index (κ2) is 6.51. The molecule has 0 bridgehead atoms. The largest absolute Gasteiger partial charge is 0.469 e. The van der Waals surface area contributed by atoms with Crippen molar-refractivity contribution in [3.05, 3.63) is 0 Å². The van der Waals surface area contributed by atoms with Crippen molar-refractivity contribution in [3.8, 4) is 0 Å². The van der Waals surface area contributed by atoms with Crippen LogP contribution in [-0.2, 0) is 19.1 Å². The van der Waals surface area contributed by atoms with Crippen molar-refractivity contribution < 1.29 is 19.1 Å². The van der Waals surface area contributed by atoms with E-state index in [0.717, 1.165) is 32.1 Å². The van der Waals surface area contributed by atoms with Crippen LogP contribution in [0.15, 0.2) is 0 Å². The number of rotatable bonds is 5. The molecular formula is C12H20O4. The number of hydrogen-bond donors (Lipinski definition) is 0. The fraction of sp³-hybridized carbons (Fsp3) is 0.833. The average molecular weight is 228 g/mol. The van der Waals surface area contributed by atoms with Gasteiger partial charge >= 0.3 is 11.9 Å². The minimum absolute atomic E-state index is 0.0441. The molecule has 16 heavy (non-hydrogen) atoms. The predicted octanol–water partition coefficient (Wildman–Crippen LogP) is 1.92. The summed E-state index contributed by atoms with van der Waals surface area (Å²) >= 11 is 0. The van der Waals surface area contributed by atoms with Crippen LogP contribution in [-0.4, -0.2) is 26.2 Å². The van der Waals surface area contributed by atoms with Gasteiger partial charge in [-0.05, 0) is 31.6 Å². The number of esters is 2. The van der Waals surface area contributed by atoms with Gasteiger partial charge in [-0.25, -0.2) is 0 Å². The molecule has 0 saturated heterocycles. The number of carbonyl (C=O) groups excluding carboxylic acids is 2. The van der Waals surface area contributed by atoms with Crippen LogP contribution >= 0.6 is 0 Å². The van der Waals surface area contributed by atoms with Crippen LogP contribution in [0.5, 0.6) is 0 Å². The Morgan fingerprint density at radius 2 is 1.94 bits per heavy atom. The first kappa shape index (κ1) is 13.0. The molecule has 2 atom stereocenters. The lowest BCUT2D eigenvalue weighted by Crippen LogP contribution is -2.20. The van der Waals surface area contributed by atoms with Crippen molar-refractivity contribution in [1.82, 2.24) is 0 Å². The van der Waals surface area contributed by atoms with Gasteiger partial charge in [0, 0.05) is 6.42 Å². The van der Waals surface area contributed by atoms with E-state index < -0.39 is 0 Å². The summed E-state index contributed by atoms with van der Waals surface area (Å²) < 4.78 is 9.36. The molecule has 2 unspecified atom stereocenters. The van der Waals surface area contributed by atoms with Gasteiger partial charge in [0.1, 0.15) is 0 Å². The van der Waals surface area contributed by atoms with Gasteiger partial charge in [-0.3, -0.25) is 9.59 Å². The third-order valence-electron chi connectivity index (χ3n) is 3.35. The molecule has 0 spiro atoms. The lowest BCUT2D eigenvalue weighted by atomic mass is 9.91. The third-order valence-corrected chi connectivity index (χ3v) is 3.35. The second-order valence-corrected chi connectivity index (χ2v) is 4.29. The Morgan fingerprint density at radius 3 is 2.56 bits per heavy atom. The lowest BCUT2D eigenvalue weighted by Gasteiger charge is -2.16. The van der Waals surface area contributed by atoms with E-state index in [1.54, 1.807) is 0 Å². The Morgan fingerprint density at radius 1 is 1.19 bits per heavy atom. The van der Waals surface area contributed by atoms with Crippen LogP contribution in [0.1, 0.15) is 38.5 Å². The fourth-order valence-corrected chi connectivity index (χ4v) is 2.45. The molecule has 1 aliphatic carbocycles. The molecule has 0 aromatic rings. The Balaban J connectivity index is 2.30. The van der Waals surface area contributed by atoms with Crippen LogP contribution < -0.4 is 0 Å². The first-order chi connectivity index (χ1) is 7.69. The zero-order chi connectivity index (χ0) is 12.0. The minimum atomic E-state index is -0.174. The molecule has 1 aliphatic rings. The van der Waals surface area contributed by atoms with Crippen LogP contribution in [0, 0.1) is 11.8 Å². The average Bonchev–Trinajstić information content (AvgIpc) is 2.76. The van der Waals surface area contributed by atoms with Gasteiger partial charge in [-0.2, -0.15) is 0 Å². The minimum Gasteiger partial charge on any atom is -0.469 e. The van der Waals surface area contributed by atoms with Crippen molar-refractivity contribution in [2.45, 2.75) is 38.5 Å². The second-order valence-electron chi connectivity index (χ2n) is 4.29. The highest BCUT2D eigenvalue weighted by Gasteiger charge is 2.33.